The van der Waals surface area contributed by atoms with Crippen LogP contribution < -0.4 is 10.2 Å². The molecule has 1 aliphatic heterocycles. The van der Waals surface area contributed by atoms with Gasteiger partial charge < -0.3 is 15.3 Å². The Kier molecular flexibility index (Phi) is 4.43. The topological polar surface area (TPSA) is 52.6 Å². The smallest absolute Gasteiger partial charge is 0.305 e. The van der Waals surface area contributed by atoms with E-state index in [1.807, 2.05) is 0 Å². The number of carboxylic acids is 1. The van der Waals surface area contributed by atoms with Gasteiger partial charge in [-0.2, -0.15) is 0 Å². The molecule has 1 unspecified atom stereocenters. The van der Waals surface area contributed by atoms with Gasteiger partial charge in [0.1, 0.15) is 0 Å². The van der Waals surface area contributed by atoms with E-state index in [2.05, 4.69) is 48.3 Å². The van der Waals surface area contributed by atoms with Crippen LogP contribution in [0.1, 0.15) is 31.7 Å². The first-order chi connectivity index (χ1) is 9.08. The van der Waals surface area contributed by atoms with Crippen LogP contribution in [0.2, 0.25) is 0 Å². The molecule has 0 radical (unpaired) electrons. The summed E-state index contributed by atoms with van der Waals surface area (Å²) in [5.41, 5.74) is 2.44. The Morgan fingerprint density at radius 1 is 1.42 bits per heavy atom. The van der Waals surface area contributed by atoms with Gasteiger partial charge in [-0.15, -0.1) is 0 Å². The number of anilines is 1. The molecule has 0 bridgehead atoms. The second-order valence-corrected chi connectivity index (χ2v) is 5.40. The number of hydrogen-bond donors (Lipinski definition) is 2. The number of nitrogens with zero attached hydrogens (tertiary/aromatic N) is 1. The lowest BCUT2D eigenvalue weighted by atomic mass is 10.0. The van der Waals surface area contributed by atoms with Gasteiger partial charge in [-0.1, -0.05) is 26.0 Å². The molecule has 0 spiro atoms. The highest BCUT2D eigenvalue weighted by molar-refractivity contribution is 5.68. The Hall–Kier alpha value is -1.55. The number of piperazine rings is 1. The summed E-state index contributed by atoms with van der Waals surface area (Å²) in [5, 5.41) is 12.3. The van der Waals surface area contributed by atoms with Crippen molar-refractivity contribution in [2.24, 2.45) is 0 Å². The molecule has 1 aromatic rings. The Morgan fingerprint density at radius 2 is 2.11 bits per heavy atom. The fourth-order valence-corrected chi connectivity index (χ4v) is 2.54. The molecule has 0 amide bonds. The predicted octanol–water partition coefficient (Wildman–Crippen LogP) is 2.06. The first-order valence-corrected chi connectivity index (χ1v) is 6.87. The van der Waals surface area contributed by atoms with E-state index >= 15 is 0 Å². The fraction of sp³-hybridized carbons (Fsp3) is 0.533. The van der Waals surface area contributed by atoms with Gasteiger partial charge >= 0.3 is 5.97 Å². The van der Waals surface area contributed by atoms with Gasteiger partial charge in [-0.25, -0.2) is 0 Å². The molecule has 0 aliphatic carbocycles. The number of hydrogen-bond acceptors (Lipinski definition) is 3. The van der Waals surface area contributed by atoms with Crippen molar-refractivity contribution in [3.05, 3.63) is 29.8 Å². The first-order valence-electron chi connectivity index (χ1n) is 6.87. The second-order valence-electron chi connectivity index (χ2n) is 5.40. The molecular formula is C15H22N2O2. The Labute approximate surface area is 114 Å². The number of rotatable bonds is 4. The normalized spacial score (nSPS) is 19.7. The van der Waals surface area contributed by atoms with Crippen molar-refractivity contribution in [3.8, 4) is 0 Å². The monoisotopic (exact) mass is 262 g/mol. The highest BCUT2D eigenvalue weighted by Gasteiger charge is 2.24. The maximum absolute atomic E-state index is 10.9. The lowest BCUT2D eigenvalue weighted by Gasteiger charge is -2.37. The van der Waals surface area contributed by atoms with Crippen LogP contribution in [-0.2, 0) is 4.79 Å². The molecule has 1 saturated heterocycles. The summed E-state index contributed by atoms with van der Waals surface area (Å²) < 4.78 is 0. The third-order valence-electron chi connectivity index (χ3n) is 3.65. The van der Waals surface area contributed by atoms with Gasteiger partial charge in [0.15, 0.2) is 0 Å². The molecule has 19 heavy (non-hydrogen) atoms. The quantitative estimate of drug-likeness (QED) is 0.872. The highest BCUT2D eigenvalue weighted by Crippen LogP contribution is 2.23. The minimum Gasteiger partial charge on any atom is -0.481 e. The summed E-state index contributed by atoms with van der Waals surface area (Å²) in [5.74, 6) is -0.218. The minimum atomic E-state index is -0.738. The number of carboxylic acid groups (broad SMARTS) is 1. The SMILES string of the molecule is CC(C)c1ccc(N2CCNCC2CC(=O)O)cc1. The zero-order chi connectivity index (χ0) is 13.8. The van der Waals surface area contributed by atoms with Crippen molar-refractivity contribution >= 4 is 11.7 Å². The molecule has 2 N–H and O–H groups in total. The van der Waals surface area contributed by atoms with Crippen LogP contribution in [0, 0.1) is 0 Å². The highest BCUT2D eigenvalue weighted by atomic mass is 16.4. The third-order valence-corrected chi connectivity index (χ3v) is 3.65. The summed E-state index contributed by atoms with van der Waals surface area (Å²) in [6.45, 7) is 6.85. The zero-order valence-corrected chi connectivity index (χ0v) is 11.6. The molecule has 4 nitrogen and oxygen atoms in total. The van der Waals surface area contributed by atoms with Gasteiger partial charge in [-0.05, 0) is 23.6 Å². The molecule has 0 aromatic heterocycles. The van der Waals surface area contributed by atoms with Crippen LogP contribution in [0.4, 0.5) is 5.69 Å². The number of benzene rings is 1. The summed E-state index contributed by atoms with van der Waals surface area (Å²) in [6.07, 6.45) is 0.179. The molecule has 1 aliphatic rings. The molecule has 1 fully saturated rings. The molecule has 1 atom stereocenters. The van der Waals surface area contributed by atoms with Crippen molar-refractivity contribution in [2.75, 3.05) is 24.5 Å². The minimum absolute atomic E-state index is 0.0381. The number of nitrogens with one attached hydrogen (secondary N) is 1. The fourth-order valence-electron chi connectivity index (χ4n) is 2.54. The van der Waals surface area contributed by atoms with Gasteiger partial charge in [0, 0.05) is 25.3 Å². The van der Waals surface area contributed by atoms with E-state index < -0.39 is 5.97 Å². The summed E-state index contributed by atoms with van der Waals surface area (Å²) in [7, 11) is 0. The maximum atomic E-state index is 10.9. The lowest BCUT2D eigenvalue weighted by molar-refractivity contribution is -0.137. The molecule has 1 aromatic carbocycles. The molecular weight excluding hydrogens is 240 g/mol. The van der Waals surface area contributed by atoms with Crippen molar-refractivity contribution in [1.82, 2.24) is 5.32 Å². The van der Waals surface area contributed by atoms with Crippen LogP contribution in [0.25, 0.3) is 0 Å². The van der Waals surface area contributed by atoms with E-state index in [0.717, 1.165) is 25.3 Å². The summed E-state index contributed by atoms with van der Waals surface area (Å²) in [6, 6.07) is 8.53. The molecule has 0 saturated carbocycles. The molecule has 2 rings (SSSR count). The average molecular weight is 262 g/mol. The van der Waals surface area contributed by atoms with Crippen LogP contribution in [0.3, 0.4) is 0 Å². The van der Waals surface area contributed by atoms with Gasteiger partial charge in [0.25, 0.3) is 0 Å². The molecule has 1 heterocycles. The van der Waals surface area contributed by atoms with Crippen molar-refractivity contribution in [3.63, 3.8) is 0 Å². The zero-order valence-electron chi connectivity index (χ0n) is 11.6. The van der Waals surface area contributed by atoms with E-state index in [1.165, 1.54) is 5.56 Å². The van der Waals surface area contributed by atoms with Crippen molar-refractivity contribution < 1.29 is 9.90 Å². The Bertz CT molecular complexity index is 428. The van der Waals surface area contributed by atoms with E-state index in [9.17, 15) is 4.79 Å². The summed E-state index contributed by atoms with van der Waals surface area (Å²) in [4.78, 5) is 13.1. The van der Waals surface area contributed by atoms with Gasteiger partial charge in [0.05, 0.1) is 12.5 Å². The van der Waals surface area contributed by atoms with E-state index in [4.69, 9.17) is 5.11 Å². The van der Waals surface area contributed by atoms with Crippen molar-refractivity contribution in [2.45, 2.75) is 32.2 Å². The first kappa shape index (κ1) is 13.9. The number of carbonyl (C=O) groups is 1. The van der Waals surface area contributed by atoms with Crippen LogP contribution in [0.5, 0.6) is 0 Å². The number of aliphatic carboxylic acids is 1. The van der Waals surface area contributed by atoms with E-state index in [0.29, 0.717) is 5.92 Å². The van der Waals surface area contributed by atoms with Gasteiger partial charge in [0.2, 0.25) is 0 Å². The van der Waals surface area contributed by atoms with Crippen molar-refractivity contribution in [1.29, 1.82) is 0 Å². The lowest BCUT2D eigenvalue weighted by Crippen LogP contribution is -2.52. The third kappa shape index (κ3) is 3.47. The van der Waals surface area contributed by atoms with E-state index in [-0.39, 0.29) is 12.5 Å². The molecule has 4 heteroatoms. The summed E-state index contributed by atoms with van der Waals surface area (Å²) >= 11 is 0. The van der Waals surface area contributed by atoms with Gasteiger partial charge in [-0.3, -0.25) is 4.79 Å². The Balaban J connectivity index is 2.15. The molecule has 104 valence electrons. The van der Waals surface area contributed by atoms with Crippen LogP contribution >= 0.6 is 0 Å². The Morgan fingerprint density at radius 3 is 2.68 bits per heavy atom. The van der Waals surface area contributed by atoms with Crippen LogP contribution in [0.15, 0.2) is 24.3 Å². The van der Waals surface area contributed by atoms with E-state index in [1.54, 1.807) is 0 Å². The largest absolute Gasteiger partial charge is 0.481 e. The average Bonchev–Trinajstić information content (AvgIpc) is 2.39. The second kappa shape index (κ2) is 6.06. The maximum Gasteiger partial charge on any atom is 0.305 e. The predicted molar refractivity (Wildman–Crippen MR) is 76.8 cm³/mol. The standard InChI is InChI=1S/C15H22N2O2/c1-11(2)12-3-5-13(6-4-12)17-8-7-16-10-14(17)9-15(18)19/h3-6,11,14,16H,7-10H2,1-2H3,(H,18,19). The van der Waals surface area contributed by atoms with Crippen LogP contribution in [-0.4, -0.2) is 36.8 Å².